The van der Waals surface area contributed by atoms with Crippen molar-refractivity contribution >= 4 is 0 Å². The fourth-order valence-corrected chi connectivity index (χ4v) is 4.84. The molecule has 0 radical (unpaired) electrons. The minimum Gasteiger partial charge on any atom is -0.508 e. The van der Waals surface area contributed by atoms with Crippen LogP contribution in [-0.2, 0) is 5.41 Å². The van der Waals surface area contributed by atoms with Crippen molar-refractivity contribution in [2.45, 2.75) is 39.5 Å². The molecule has 0 aromatic heterocycles. The predicted molar refractivity (Wildman–Crippen MR) is 142 cm³/mol. The maximum absolute atomic E-state index is 10.4. The first kappa shape index (κ1) is 23.6. The molecule has 1 aliphatic rings. The molecular formula is C32H34O2. The third kappa shape index (κ3) is 4.21. The molecule has 2 nitrogen and oxygen atoms in total. The van der Waals surface area contributed by atoms with E-state index in [1.54, 1.807) is 6.07 Å². The van der Waals surface area contributed by atoms with Crippen molar-refractivity contribution in [3.05, 3.63) is 119 Å². The lowest BCUT2D eigenvalue weighted by atomic mass is 9.67. The SMILES string of the molecule is CC(C)COc1cccc(C2(c3cccc(O)c3)c3ccccc3-c3ccccc32)c1.CCC. The van der Waals surface area contributed by atoms with Gasteiger partial charge in [-0.05, 0) is 63.6 Å². The van der Waals surface area contributed by atoms with Gasteiger partial charge in [-0.1, -0.05) is 107 Å². The second-order valence-electron chi connectivity index (χ2n) is 9.33. The van der Waals surface area contributed by atoms with Gasteiger partial charge in [0.15, 0.2) is 0 Å². The Kier molecular flexibility index (Phi) is 7.07. The first-order chi connectivity index (χ1) is 16.5. The minimum atomic E-state index is -0.525. The fourth-order valence-electron chi connectivity index (χ4n) is 4.84. The lowest BCUT2D eigenvalue weighted by Crippen LogP contribution is -2.28. The Labute approximate surface area is 203 Å². The van der Waals surface area contributed by atoms with Crippen molar-refractivity contribution < 1.29 is 9.84 Å². The Bertz CT molecular complexity index is 1210. The van der Waals surface area contributed by atoms with Crippen LogP contribution in [-0.4, -0.2) is 11.7 Å². The maximum atomic E-state index is 10.4. The normalized spacial score (nSPS) is 13.0. The van der Waals surface area contributed by atoms with Gasteiger partial charge in [0.25, 0.3) is 0 Å². The van der Waals surface area contributed by atoms with Crippen molar-refractivity contribution in [2.24, 2.45) is 5.92 Å². The van der Waals surface area contributed by atoms with Crippen LogP contribution in [0.25, 0.3) is 11.1 Å². The zero-order chi connectivity index (χ0) is 24.1. The van der Waals surface area contributed by atoms with Gasteiger partial charge in [-0.2, -0.15) is 0 Å². The van der Waals surface area contributed by atoms with E-state index in [1.165, 1.54) is 28.7 Å². The van der Waals surface area contributed by atoms with Crippen LogP contribution >= 0.6 is 0 Å². The van der Waals surface area contributed by atoms with Gasteiger partial charge in [-0.25, -0.2) is 0 Å². The number of aromatic hydroxyl groups is 1. The molecule has 174 valence electrons. The number of benzene rings is 4. The van der Waals surface area contributed by atoms with E-state index in [0.29, 0.717) is 12.5 Å². The second-order valence-corrected chi connectivity index (χ2v) is 9.33. The van der Waals surface area contributed by atoms with Crippen LogP contribution in [0.2, 0.25) is 0 Å². The molecule has 4 aromatic rings. The highest BCUT2D eigenvalue weighted by Crippen LogP contribution is 2.56. The van der Waals surface area contributed by atoms with E-state index < -0.39 is 5.41 Å². The molecule has 0 amide bonds. The first-order valence-corrected chi connectivity index (χ1v) is 12.2. The van der Waals surface area contributed by atoms with E-state index in [9.17, 15) is 5.11 Å². The van der Waals surface area contributed by atoms with Crippen LogP contribution in [0.4, 0.5) is 0 Å². The fraction of sp³-hybridized carbons (Fsp3) is 0.250. The van der Waals surface area contributed by atoms with E-state index >= 15 is 0 Å². The minimum absolute atomic E-state index is 0.269. The third-order valence-electron chi connectivity index (χ3n) is 6.08. The molecule has 1 N–H and O–H groups in total. The molecule has 0 fully saturated rings. The first-order valence-electron chi connectivity index (χ1n) is 12.2. The molecule has 4 aromatic carbocycles. The summed E-state index contributed by atoms with van der Waals surface area (Å²) >= 11 is 0. The van der Waals surface area contributed by atoms with Crippen LogP contribution in [0.5, 0.6) is 11.5 Å². The summed E-state index contributed by atoms with van der Waals surface area (Å²) in [7, 11) is 0. The highest BCUT2D eigenvalue weighted by Gasteiger charge is 2.46. The zero-order valence-corrected chi connectivity index (χ0v) is 20.6. The molecule has 0 unspecified atom stereocenters. The van der Waals surface area contributed by atoms with E-state index in [4.69, 9.17) is 4.74 Å². The maximum Gasteiger partial charge on any atom is 0.119 e. The van der Waals surface area contributed by atoms with Crippen LogP contribution in [0.3, 0.4) is 0 Å². The summed E-state index contributed by atoms with van der Waals surface area (Å²) in [5.74, 6) is 1.59. The molecule has 0 spiro atoms. The smallest absolute Gasteiger partial charge is 0.119 e. The highest BCUT2D eigenvalue weighted by atomic mass is 16.5. The van der Waals surface area contributed by atoms with E-state index in [-0.39, 0.29) is 5.75 Å². The quantitative estimate of drug-likeness (QED) is 0.292. The summed E-state index contributed by atoms with van der Waals surface area (Å²) in [5.41, 5.74) is 6.57. The number of phenols is 1. The van der Waals surface area contributed by atoms with Crippen molar-refractivity contribution in [1.82, 2.24) is 0 Å². The molecule has 5 rings (SSSR count). The molecule has 0 saturated carbocycles. The van der Waals surface area contributed by atoms with Gasteiger partial charge in [0.1, 0.15) is 11.5 Å². The monoisotopic (exact) mass is 450 g/mol. The van der Waals surface area contributed by atoms with Crippen LogP contribution in [0.15, 0.2) is 97.1 Å². The molecule has 0 saturated heterocycles. The molecule has 2 heteroatoms. The number of ether oxygens (including phenoxy) is 1. The molecule has 0 heterocycles. The van der Waals surface area contributed by atoms with Gasteiger partial charge in [0.2, 0.25) is 0 Å². The third-order valence-corrected chi connectivity index (χ3v) is 6.08. The number of rotatable bonds is 5. The molecule has 0 atom stereocenters. The molecular weight excluding hydrogens is 416 g/mol. The van der Waals surface area contributed by atoms with Gasteiger partial charge in [-0.15, -0.1) is 0 Å². The summed E-state index contributed by atoms with van der Waals surface area (Å²) in [4.78, 5) is 0. The number of hydrogen-bond donors (Lipinski definition) is 1. The van der Waals surface area contributed by atoms with Crippen molar-refractivity contribution in [3.8, 4) is 22.6 Å². The summed E-state index contributed by atoms with van der Waals surface area (Å²) in [6.07, 6.45) is 1.25. The zero-order valence-electron chi connectivity index (χ0n) is 20.6. The Balaban J connectivity index is 0.000000868. The Hall–Kier alpha value is -3.52. The molecule has 0 bridgehead atoms. The predicted octanol–water partition coefficient (Wildman–Crippen LogP) is 8.21. The van der Waals surface area contributed by atoms with Crippen molar-refractivity contribution in [1.29, 1.82) is 0 Å². The van der Waals surface area contributed by atoms with Crippen LogP contribution in [0.1, 0.15) is 56.4 Å². The average Bonchev–Trinajstić information content (AvgIpc) is 3.15. The van der Waals surface area contributed by atoms with E-state index in [2.05, 4.69) is 100 Å². The molecule has 34 heavy (non-hydrogen) atoms. The topological polar surface area (TPSA) is 29.5 Å². The van der Waals surface area contributed by atoms with Crippen molar-refractivity contribution in [2.75, 3.05) is 6.61 Å². The highest BCUT2D eigenvalue weighted by molar-refractivity contribution is 5.86. The Morgan fingerprint density at radius 2 is 1.24 bits per heavy atom. The average molecular weight is 451 g/mol. The van der Waals surface area contributed by atoms with Gasteiger partial charge in [-0.3, -0.25) is 0 Å². The van der Waals surface area contributed by atoms with Gasteiger partial charge in [0, 0.05) is 0 Å². The lowest BCUT2D eigenvalue weighted by Gasteiger charge is -2.34. The summed E-state index contributed by atoms with van der Waals surface area (Å²) in [6.45, 7) is 9.23. The summed E-state index contributed by atoms with van der Waals surface area (Å²) < 4.78 is 6.10. The summed E-state index contributed by atoms with van der Waals surface area (Å²) in [6, 6.07) is 33.3. The molecule has 0 aliphatic heterocycles. The number of hydrogen-bond acceptors (Lipinski definition) is 2. The number of phenolic OH excluding ortho intramolecular Hbond substituents is 1. The van der Waals surface area contributed by atoms with E-state index in [0.717, 1.165) is 16.9 Å². The van der Waals surface area contributed by atoms with Gasteiger partial charge in [0.05, 0.1) is 12.0 Å². The van der Waals surface area contributed by atoms with Crippen molar-refractivity contribution in [3.63, 3.8) is 0 Å². The Morgan fingerprint density at radius 3 is 1.79 bits per heavy atom. The Morgan fingerprint density at radius 1 is 0.706 bits per heavy atom. The molecule has 1 aliphatic carbocycles. The van der Waals surface area contributed by atoms with Crippen LogP contribution in [0, 0.1) is 5.92 Å². The van der Waals surface area contributed by atoms with Crippen LogP contribution < -0.4 is 4.74 Å². The van der Waals surface area contributed by atoms with Gasteiger partial charge >= 0.3 is 0 Å². The summed E-state index contributed by atoms with van der Waals surface area (Å²) in [5, 5.41) is 10.4. The van der Waals surface area contributed by atoms with E-state index in [1.807, 2.05) is 18.2 Å². The standard InChI is InChI=1S/C29H26O2.C3H8/c1-20(2)19-31-24-12-8-10-22(18-24)29(21-9-7-11-23(30)17-21)27-15-5-3-13-25(27)26-14-4-6-16-28(26)29;1-3-2/h3-18,20,30H,19H2,1-2H3;3H2,1-2H3. The largest absolute Gasteiger partial charge is 0.508 e. The lowest BCUT2D eigenvalue weighted by molar-refractivity contribution is 0.270. The number of fused-ring (bicyclic) bond motifs is 3. The second kappa shape index (κ2) is 10.2. The van der Waals surface area contributed by atoms with Gasteiger partial charge < -0.3 is 9.84 Å².